The molecule has 1 aromatic heterocycles. The van der Waals surface area contributed by atoms with Gasteiger partial charge in [-0.2, -0.15) is 0 Å². The highest BCUT2D eigenvalue weighted by Gasteiger charge is 2.32. The van der Waals surface area contributed by atoms with Gasteiger partial charge in [0.2, 0.25) is 11.8 Å². The van der Waals surface area contributed by atoms with Gasteiger partial charge in [-0.3, -0.25) is 9.59 Å². The third-order valence-electron chi connectivity index (χ3n) is 8.08. The van der Waals surface area contributed by atoms with Gasteiger partial charge in [0.15, 0.2) is 0 Å². The number of amides is 3. The molecule has 0 unspecified atom stereocenters. The van der Waals surface area contributed by atoms with Gasteiger partial charge in [0.25, 0.3) is 0 Å². The molecule has 13 heteroatoms. The van der Waals surface area contributed by atoms with Crippen molar-refractivity contribution in [1.29, 1.82) is 0 Å². The highest BCUT2D eigenvalue weighted by molar-refractivity contribution is 14.1. The van der Waals surface area contributed by atoms with Crippen molar-refractivity contribution in [2.75, 3.05) is 6.61 Å². The number of hydrogen-bond donors (Lipinski definition) is 4. The molecular formula is C40H48BrIN4O7. The summed E-state index contributed by atoms with van der Waals surface area (Å²) < 4.78 is 18.6. The van der Waals surface area contributed by atoms with Crippen LogP contribution in [0.15, 0.2) is 77.4 Å². The first-order chi connectivity index (χ1) is 25.1. The Bertz CT molecular complexity index is 1880. The third-order valence-corrected chi connectivity index (χ3v) is 9.59. The van der Waals surface area contributed by atoms with Crippen molar-refractivity contribution in [2.45, 2.75) is 91.1 Å². The second-order valence-electron chi connectivity index (χ2n) is 14.1. The number of hydrogen-bond acceptors (Lipinski definition) is 7. The van der Waals surface area contributed by atoms with Crippen LogP contribution in [0.3, 0.4) is 0 Å². The Morgan fingerprint density at radius 3 is 2.21 bits per heavy atom. The molecule has 0 aliphatic heterocycles. The predicted molar refractivity (Wildman–Crippen MR) is 216 cm³/mol. The molecular weight excluding hydrogens is 855 g/mol. The van der Waals surface area contributed by atoms with Crippen LogP contribution in [-0.2, 0) is 43.3 Å². The number of ether oxygens (including phenoxy) is 3. The van der Waals surface area contributed by atoms with Crippen LogP contribution >= 0.6 is 38.5 Å². The number of H-pyrrole nitrogens is 1. The van der Waals surface area contributed by atoms with E-state index >= 15 is 0 Å². The Kier molecular flexibility index (Phi) is 15.2. The van der Waals surface area contributed by atoms with Crippen LogP contribution in [0.5, 0.6) is 5.75 Å². The largest absolute Gasteiger partial charge is 0.488 e. The van der Waals surface area contributed by atoms with Gasteiger partial charge in [0, 0.05) is 28.9 Å². The van der Waals surface area contributed by atoms with Crippen molar-refractivity contribution in [3.8, 4) is 5.75 Å². The second kappa shape index (κ2) is 19.3. The van der Waals surface area contributed by atoms with Crippen molar-refractivity contribution in [2.24, 2.45) is 5.92 Å². The van der Waals surface area contributed by atoms with E-state index in [1.165, 1.54) is 0 Å². The lowest BCUT2D eigenvalue weighted by Gasteiger charge is -2.27. The molecule has 0 bridgehead atoms. The first-order valence-corrected chi connectivity index (χ1v) is 19.5. The number of aromatic nitrogens is 1. The lowest BCUT2D eigenvalue weighted by molar-refractivity contribution is -0.147. The summed E-state index contributed by atoms with van der Waals surface area (Å²) in [4.78, 5) is 57.3. The average molecular weight is 904 g/mol. The number of rotatable bonds is 16. The summed E-state index contributed by atoms with van der Waals surface area (Å²) in [5.74, 6) is -1.03. The zero-order valence-electron chi connectivity index (χ0n) is 30.9. The normalized spacial score (nSPS) is 13.2. The van der Waals surface area contributed by atoms with Crippen molar-refractivity contribution < 1.29 is 33.4 Å². The van der Waals surface area contributed by atoms with E-state index in [1.807, 2.05) is 80.6 Å². The topological polar surface area (TPSA) is 148 Å². The molecule has 0 aliphatic rings. The Balaban J connectivity index is 1.54. The highest BCUT2D eigenvalue weighted by Crippen LogP contribution is 2.27. The predicted octanol–water partition coefficient (Wildman–Crippen LogP) is 7.37. The number of halogens is 2. The molecule has 4 aromatic rings. The van der Waals surface area contributed by atoms with E-state index in [2.05, 4.69) is 59.5 Å². The SMILES string of the molecule is CCOC(=O)[C@H](Cc1c[nH]c2c(Br)cccc12)NC(=O)[C@H](CC(C)C)NC(=O)[C@H](Cc1ccc(OCc2ccccc2)c(I)c1)NC(=O)OC(C)(C)C. The molecule has 3 aromatic carbocycles. The minimum Gasteiger partial charge on any atom is -0.488 e. The van der Waals surface area contributed by atoms with E-state index in [0.717, 1.165) is 35.6 Å². The van der Waals surface area contributed by atoms with E-state index < -0.39 is 47.6 Å². The summed E-state index contributed by atoms with van der Waals surface area (Å²) in [7, 11) is 0. The number of carbonyl (C=O) groups is 4. The first kappa shape index (κ1) is 41.6. The Morgan fingerprint density at radius 2 is 1.55 bits per heavy atom. The van der Waals surface area contributed by atoms with E-state index in [9.17, 15) is 19.2 Å². The molecule has 4 rings (SSSR count). The van der Waals surface area contributed by atoms with Crippen LogP contribution in [-0.4, -0.2) is 59.2 Å². The maximum Gasteiger partial charge on any atom is 0.408 e. The van der Waals surface area contributed by atoms with Crippen molar-refractivity contribution in [3.05, 3.63) is 97.7 Å². The lowest BCUT2D eigenvalue weighted by Crippen LogP contribution is -2.57. The number of carbonyl (C=O) groups excluding carboxylic acids is 4. The maximum absolute atomic E-state index is 14.0. The molecule has 0 spiro atoms. The molecule has 284 valence electrons. The fourth-order valence-corrected chi connectivity index (χ4v) is 6.88. The van der Waals surface area contributed by atoms with Gasteiger partial charge >= 0.3 is 12.1 Å². The van der Waals surface area contributed by atoms with Gasteiger partial charge in [0.05, 0.1) is 15.7 Å². The molecule has 0 fully saturated rings. The van der Waals surface area contributed by atoms with Crippen molar-refractivity contribution in [3.63, 3.8) is 0 Å². The van der Waals surface area contributed by atoms with Gasteiger partial charge in [-0.25, -0.2) is 9.59 Å². The van der Waals surface area contributed by atoms with Gasteiger partial charge in [-0.15, -0.1) is 0 Å². The summed E-state index contributed by atoms with van der Waals surface area (Å²) in [5, 5.41) is 9.31. The third kappa shape index (κ3) is 12.8. The zero-order valence-corrected chi connectivity index (χ0v) is 34.6. The molecule has 0 radical (unpaired) electrons. The van der Waals surface area contributed by atoms with Crippen LogP contribution in [0.1, 0.15) is 64.7 Å². The van der Waals surface area contributed by atoms with E-state index in [0.29, 0.717) is 12.4 Å². The zero-order chi connectivity index (χ0) is 38.7. The number of fused-ring (bicyclic) bond motifs is 1. The minimum absolute atomic E-state index is 0.000310. The van der Waals surface area contributed by atoms with E-state index in [4.69, 9.17) is 14.2 Å². The number of alkyl carbamates (subject to hydrolysis) is 1. The Hall–Kier alpha value is -4.11. The number of esters is 1. The van der Waals surface area contributed by atoms with Gasteiger partial charge in [-0.1, -0.05) is 62.4 Å². The summed E-state index contributed by atoms with van der Waals surface area (Å²) in [6, 6.07) is 18.0. The summed E-state index contributed by atoms with van der Waals surface area (Å²) in [5.41, 5.74) is 2.67. The number of para-hydroxylation sites is 1. The molecule has 3 atom stereocenters. The Labute approximate surface area is 333 Å². The summed E-state index contributed by atoms with van der Waals surface area (Å²) in [6.45, 7) is 11.3. The Morgan fingerprint density at radius 1 is 0.849 bits per heavy atom. The maximum atomic E-state index is 14.0. The van der Waals surface area contributed by atoms with Crippen molar-refractivity contribution in [1.82, 2.24) is 20.9 Å². The number of benzene rings is 3. The van der Waals surface area contributed by atoms with Crippen LogP contribution in [0, 0.1) is 9.49 Å². The van der Waals surface area contributed by atoms with E-state index in [1.54, 1.807) is 33.9 Å². The molecule has 3 amide bonds. The van der Waals surface area contributed by atoms with Gasteiger partial charge in [-0.05, 0) is 113 Å². The fraction of sp³-hybridized carbons (Fsp3) is 0.400. The molecule has 1 heterocycles. The molecule has 4 N–H and O–H groups in total. The average Bonchev–Trinajstić information content (AvgIpc) is 3.50. The second-order valence-corrected chi connectivity index (χ2v) is 16.1. The highest BCUT2D eigenvalue weighted by atomic mass is 127. The number of aromatic amines is 1. The minimum atomic E-state index is -1.09. The van der Waals surface area contributed by atoms with Crippen LogP contribution in [0.4, 0.5) is 4.79 Å². The lowest BCUT2D eigenvalue weighted by atomic mass is 10.00. The van der Waals surface area contributed by atoms with E-state index in [-0.39, 0.29) is 31.8 Å². The standard InChI is InChI=1S/C40H48BrIN4O7/c1-7-51-38(49)33(21-27-22-43-35-28(27)14-11-15-29(35)41)45-36(47)31(18-24(2)3)44-37(48)32(46-39(50)53-40(4,5)6)20-26-16-17-34(30(42)19-26)52-23-25-12-9-8-10-13-25/h8-17,19,22,24,31-33,43H,7,18,20-21,23H2,1-6H3,(H,44,48)(H,45,47)(H,46,50)/t31-,32-,33-/m0/s1. The first-order valence-electron chi connectivity index (χ1n) is 17.6. The summed E-state index contributed by atoms with van der Waals surface area (Å²) >= 11 is 5.73. The molecule has 11 nitrogen and oxygen atoms in total. The monoisotopic (exact) mass is 902 g/mol. The smallest absolute Gasteiger partial charge is 0.408 e. The van der Waals surface area contributed by atoms with Crippen LogP contribution in [0.2, 0.25) is 0 Å². The quantitative estimate of drug-likeness (QED) is 0.0679. The molecule has 0 aliphatic carbocycles. The number of nitrogens with one attached hydrogen (secondary N) is 4. The summed E-state index contributed by atoms with van der Waals surface area (Å²) in [6.07, 6.45) is 1.58. The van der Waals surface area contributed by atoms with Crippen LogP contribution in [0.25, 0.3) is 10.9 Å². The molecule has 0 saturated heterocycles. The van der Waals surface area contributed by atoms with Crippen LogP contribution < -0.4 is 20.7 Å². The van der Waals surface area contributed by atoms with Crippen molar-refractivity contribution >= 4 is 73.3 Å². The fourth-order valence-electron chi connectivity index (χ4n) is 5.67. The van der Waals surface area contributed by atoms with Gasteiger partial charge in [0.1, 0.15) is 36.1 Å². The molecule has 0 saturated carbocycles. The molecule has 53 heavy (non-hydrogen) atoms. The van der Waals surface area contributed by atoms with Gasteiger partial charge < -0.3 is 35.1 Å².